The molecular weight excluding hydrogens is 304 g/mol. The molecule has 0 spiro atoms. The molecule has 0 saturated carbocycles. The maximum Gasteiger partial charge on any atom is 0.305 e. The molecule has 0 radical (unpaired) electrons. The average molecular weight is 326 g/mol. The lowest BCUT2D eigenvalue weighted by Crippen LogP contribution is -2.12. The number of carbonyl (C=O) groups is 2. The molecule has 0 atom stereocenters. The summed E-state index contributed by atoms with van der Waals surface area (Å²) in [6, 6.07) is 14.9. The lowest BCUT2D eigenvalue weighted by Gasteiger charge is -2.08. The molecule has 2 aromatic carbocycles. The van der Waals surface area contributed by atoms with Gasteiger partial charge in [-0.25, -0.2) is 0 Å². The van der Waals surface area contributed by atoms with E-state index in [9.17, 15) is 9.59 Å². The van der Waals surface area contributed by atoms with Crippen molar-refractivity contribution in [1.29, 1.82) is 0 Å². The van der Waals surface area contributed by atoms with Crippen LogP contribution in [0.3, 0.4) is 0 Å². The second-order valence-corrected chi connectivity index (χ2v) is 5.47. The zero-order chi connectivity index (χ0) is 17.4. The van der Waals surface area contributed by atoms with Gasteiger partial charge < -0.3 is 15.8 Å². The number of nitrogens with two attached hydrogens (primary N) is 1. The van der Waals surface area contributed by atoms with Gasteiger partial charge in [-0.2, -0.15) is 0 Å². The zero-order valence-corrected chi connectivity index (χ0v) is 13.7. The lowest BCUT2D eigenvalue weighted by atomic mass is 10.1. The SMILES string of the molecule is COC(=O)CCc1cccc(NC(=O)c2ccc(CCN)cc2)c1. The van der Waals surface area contributed by atoms with Gasteiger partial charge in [-0.1, -0.05) is 24.3 Å². The molecule has 2 aromatic rings. The highest BCUT2D eigenvalue weighted by Gasteiger charge is 2.07. The molecule has 1 amide bonds. The van der Waals surface area contributed by atoms with Crippen molar-refractivity contribution in [3.8, 4) is 0 Å². The van der Waals surface area contributed by atoms with Gasteiger partial charge >= 0.3 is 5.97 Å². The van der Waals surface area contributed by atoms with E-state index in [0.717, 1.165) is 17.5 Å². The Morgan fingerprint density at radius 2 is 1.79 bits per heavy atom. The molecule has 126 valence electrons. The fourth-order valence-corrected chi connectivity index (χ4v) is 2.35. The molecule has 0 fully saturated rings. The Morgan fingerprint density at radius 3 is 2.46 bits per heavy atom. The van der Waals surface area contributed by atoms with Crippen LogP contribution >= 0.6 is 0 Å². The number of hydrogen-bond donors (Lipinski definition) is 2. The Hall–Kier alpha value is -2.66. The summed E-state index contributed by atoms with van der Waals surface area (Å²) in [4.78, 5) is 23.5. The Balaban J connectivity index is 1.99. The van der Waals surface area contributed by atoms with E-state index in [4.69, 9.17) is 5.73 Å². The molecule has 5 heteroatoms. The number of rotatable bonds is 7. The molecule has 24 heavy (non-hydrogen) atoms. The Labute approximate surface area is 141 Å². The maximum absolute atomic E-state index is 12.3. The van der Waals surface area contributed by atoms with Gasteiger partial charge in [0.05, 0.1) is 7.11 Å². The molecule has 0 aliphatic carbocycles. The van der Waals surface area contributed by atoms with E-state index in [0.29, 0.717) is 30.6 Å². The summed E-state index contributed by atoms with van der Waals surface area (Å²) in [7, 11) is 1.37. The van der Waals surface area contributed by atoms with Crippen molar-refractivity contribution in [3.63, 3.8) is 0 Å². The van der Waals surface area contributed by atoms with E-state index < -0.39 is 0 Å². The first-order valence-electron chi connectivity index (χ1n) is 7.88. The fourth-order valence-electron chi connectivity index (χ4n) is 2.35. The quantitative estimate of drug-likeness (QED) is 0.766. The van der Waals surface area contributed by atoms with Gasteiger partial charge in [-0.3, -0.25) is 9.59 Å². The number of nitrogens with one attached hydrogen (secondary N) is 1. The summed E-state index contributed by atoms with van der Waals surface area (Å²) >= 11 is 0. The monoisotopic (exact) mass is 326 g/mol. The summed E-state index contributed by atoms with van der Waals surface area (Å²) in [5, 5.41) is 2.87. The average Bonchev–Trinajstić information content (AvgIpc) is 2.61. The van der Waals surface area contributed by atoms with Crippen LogP contribution in [0.2, 0.25) is 0 Å². The smallest absolute Gasteiger partial charge is 0.305 e. The van der Waals surface area contributed by atoms with Crippen LogP contribution in [0.25, 0.3) is 0 Å². The first-order chi connectivity index (χ1) is 11.6. The third kappa shape index (κ3) is 5.21. The molecule has 0 unspecified atom stereocenters. The van der Waals surface area contributed by atoms with Gasteiger partial charge in [-0.05, 0) is 54.8 Å². The minimum absolute atomic E-state index is 0.167. The molecule has 2 rings (SSSR count). The number of methoxy groups -OCH3 is 1. The van der Waals surface area contributed by atoms with E-state index in [1.165, 1.54) is 7.11 Å². The Kier molecular flexibility index (Phi) is 6.51. The highest BCUT2D eigenvalue weighted by molar-refractivity contribution is 6.04. The van der Waals surface area contributed by atoms with Gasteiger partial charge in [0.15, 0.2) is 0 Å². The minimum atomic E-state index is -0.248. The van der Waals surface area contributed by atoms with E-state index in [-0.39, 0.29) is 11.9 Å². The molecule has 0 aliphatic heterocycles. The second-order valence-electron chi connectivity index (χ2n) is 5.47. The van der Waals surface area contributed by atoms with Gasteiger partial charge in [0.25, 0.3) is 5.91 Å². The lowest BCUT2D eigenvalue weighted by molar-refractivity contribution is -0.140. The molecular formula is C19H22N2O3. The standard InChI is InChI=1S/C19H22N2O3/c1-24-18(22)10-7-15-3-2-4-17(13-15)21-19(23)16-8-5-14(6-9-16)11-12-20/h2-6,8-9,13H,7,10-12,20H2,1H3,(H,21,23). The normalized spacial score (nSPS) is 10.2. The van der Waals surface area contributed by atoms with Gasteiger partial charge in [0, 0.05) is 17.7 Å². The van der Waals surface area contributed by atoms with Crippen LogP contribution < -0.4 is 11.1 Å². The highest BCUT2D eigenvalue weighted by atomic mass is 16.5. The summed E-state index contributed by atoms with van der Waals surface area (Å²) < 4.78 is 4.64. The Bertz CT molecular complexity index is 696. The summed E-state index contributed by atoms with van der Waals surface area (Å²) in [5.74, 6) is -0.415. The van der Waals surface area contributed by atoms with Crippen molar-refractivity contribution in [2.75, 3.05) is 19.0 Å². The number of ether oxygens (including phenoxy) is 1. The third-order valence-corrected chi connectivity index (χ3v) is 3.68. The molecule has 3 N–H and O–H groups in total. The summed E-state index contributed by atoms with van der Waals surface area (Å²) in [5.41, 5.74) is 8.89. The van der Waals surface area contributed by atoms with Crippen molar-refractivity contribution in [2.45, 2.75) is 19.3 Å². The van der Waals surface area contributed by atoms with Gasteiger partial charge in [0.2, 0.25) is 0 Å². The van der Waals surface area contributed by atoms with E-state index >= 15 is 0 Å². The van der Waals surface area contributed by atoms with Gasteiger partial charge in [0.1, 0.15) is 0 Å². The van der Waals surface area contributed by atoms with Crippen LogP contribution in [0, 0.1) is 0 Å². The number of carbonyl (C=O) groups excluding carboxylic acids is 2. The van der Waals surface area contributed by atoms with Crippen LogP contribution in [-0.4, -0.2) is 25.5 Å². The topological polar surface area (TPSA) is 81.4 Å². The van der Waals surface area contributed by atoms with E-state index in [1.54, 1.807) is 12.1 Å². The van der Waals surface area contributed by atoms with Crippen LogP contribution in [0.5, 0.6) is 0 Å². The third-order valence-electron chi connectivity index (χ3n) is 3.68. The number of hydrogen-bond acceptors (Lipinski definition) is 4. The Morgan fingerprint density at radius 1 is 1.04 bits per heavy atom. The maximum atomic E-state index is 12.3. The molecule has 5 nitrogen and oxygen atoms in total. The highest BCUT2D eigenvalue weighted by Crippen LogP contribution is 2.14. The largest absolute Gasteiger partial charge is 0.469 e. The first-order valence-corrected chi connectivity index (χ1v) is 7.88. The van der Waals surface area contributed by atoms with E-state index in [1.807, 2.05) is 36.4 Å². The van der Waals surface area contributed by atoms with Crippen LogP contribution in [-0.2, 0) is 22.4 Å². The summed E-state index contributed by atoms with van der Waals surface area (Å²) in [6.07, 6.45) is 1.69. The molecule has 0 saturated heterocycles. The van der Waals surface area contributed by atoms with Crippen molar-refractivity contribution in [3.05, 3.63) is 65.2 Å². The van der Waals surface area contributed by atoms with Crippen LogP contribution in [0.15, 0.2) is 48.5 Å². The van der Waals surface area contributed by atoms with Crippen molar-refractivity contribution in [2.24, 2.45) is 5.73 Å². The molecule has 0 aromatic heterocycles. The predicted molar refractivity (Wildman–Crippen MR) is 93.9 cm³/mol. The second kappa shape index (κ2) is 8.84. The molecule has 0 bridgehead atoms. The number of esters is 1. The molecule has 0 aliphatic rings. The number of amides is 1. The summed E-state index contributed by atoms with van der Waals surface area (Å²) in [6.45, 7) is 0.587. The van der Waals surface area contributed by atoms with Crippen LogP contribution in [0.4, 0.5) is 5.69 Å². The minimum Gasteiger partial charge on any atom is -0.469 e. The van der Waals surface area contributed by atoms with Crippen LogP contribution in [0.1, 0.15) is 27.9 Å². The zero-order valence-electron chi connectivity index (χ0n) is 13.7. The van der Waals surface area contributed by atoms with Crippen molar-refractivity contribution < 1.29 is 14.3 Å². The predicted octanol–water partition coefficient (Wildman–Crippen LogP) is 2.55. The molecule has 0 heterocycles. The fraction of sp³-hybridized carbons (Fsp3) is 0.263. The number of aryl methyl sites for hydroxylation is 1. The van der Waals surface area contributed by atoms with E-state index in [2.05, 4.69) is 10.1 Å². The van der Waals surface area contributed by atoms with Crippen molar-refractivity contribution >= 4 is 17.6 Å². The number of benzene rings is 2. The first kappa shape index (κ1) is 17.7. The number of anilines is 1. The van der Waals surface area contributed by atoms with Gasteiger partial charge in [-0.15, -0.1) is 0 Å². The van der Waals surface area contributed by atoms with Crippen molar-refractivity contribution in [1.82, 2.24) is 0 Å².